The van der Waals surface area contributed by atoms with E-state index in [1.54, 1.807) is 27.8 Å². The van der Waals surface area contributed by atoms with Gasteiger partial charge in [-0.05, 0) is 74.8 Å². The summed E-state index contributed by atoms with van der Waals surface area (Å²) in [6.45, 7) is 5.37. The highest BCUT2D eigenvalue weighted by Gasteiger charge is 2.53. The molecule has 1 unspecified atom stereocenters. The third kappa shape index (κ3) is 3.02. The van der Waals surface area contributed by atoms with Crippen molar-refractivity contribution < 1.29 is 9.18 Å². The maximum absolute atomic E-state index is 15.1. The monoisotopic (exact) mass is 427 g/mol. The highest BCUT2D eigenvalue weighted by Crippen LogP contribution is 2.48. The zero-order chi connectivity index (χ0) is 21.8. The van der Waals surface area contributed by atoms with Crippen molar-refractivity contribution in [3.63, 3.8) is 0 Å². The number of guanidine groups is 1. The van der Waals surface area contributed by atoms with Gasteiger partial charge in [0.05, 0.1) is 5.41 Å². The number of hydrogen-bond acceptors (Lipinski definition) is 3. The zero-order valence-electron chi connectivity index (χ0n) is 17.8. The van der Waals surface area contributed by atoms with Crippen LogP contribution in [0.1, 0.15) is 55.4 Å². The average molecular weight is 428 g/mol. The van der Waals surface area contributed by atoms with Crippen LogP contribution in [0.4, 0.5) is 4.39 Å². The van der Waals surface area contributed by atoms with E-state index in [9.17, 15) is 4.79 Å². The number of aliphatic imine (C=N–C) groups is 1. The molecule has 4 rings (SSSR count). The van der Waals surface area contributed by atoms with Crippen molar-refractivity contribution in [3.05, 3.63) is 69.5 Å². The maximum Gasteiger partial charge on any atom is 0.237 e. The molecule has 0 radical (unpaired) electrons. The van der Waals surface area contributed by atoms with Gasteiger partial charge >= 0.3 is 0 Å². The van der Waals surface area contributed by atoms with Crippen LogP contribution in [-0.2, 0) is 23.2 Å². The van der Waals surface area contributed by atoms with Crippen molar-refractivity contribution in [3.8, 4) is 0 Å². The minimum Gasteiger partial charge on any atom is -0.369 e. The van der Waals surface area contributed by atoms with Gasteiger partial charge in [-0.3, -0.25) is 9.69 Å². The third-order valence-electron chi connectivity index (χ3n) is 7.09. The Labute approximate surface area is 181 Å². The van der Waals surface area contributed by atoms with E-state index in [-0.39, 0.29) is 17.7 Å². The molecule has 0 bridgehead atoms. The molecule has 6 heteroatoms. The number of nitrogens with two attached hydrogens (primary N) is 1. The highest BCUT2D eigenvalue weighted by molar-refractivity contribution is 6.31. The molecule has 2 aliphatic rings. The summed E-state index contributed by atoms with van der Waals surface area (Å²) in [4.78, 5) is 18.8. The fourth-order valence-electron chi connectivity index (χ4n) is 4.86. The lowest BCUT2D eigenvalue weighted by Gasteiger charge is -2.46. The normalized spacial score (nSPS) is 25.3. The fourth-order valence-corrected chi connectivity index (χ4v) is 5.21. The van der Waals surface area contributed by atoms with Gasteiger partial charge in [-0.1, -0.05) is 35.9 Å². The molecule has 2 atom stereocenters. The first-order valence-corrected chi connectivity index (χ1v) is 10.6. The van der Waals surface area contributed by atoms with Gasteiger partial charge in [0.25, 0.3) is 0 Å². The molecule has 4 nitrogen and oxygen atoms in total. The predicted molar refractivity (Wildman–Crippen MR) is 118 cm³/mol. The summed E-state index contributed by atoms with van der Waals surface area (Å²) in [6, 6.07) is 11.2. The van der Waals surface area contributed by atoms with Crippen LogP contribution in [0.2, 0.25) is 5.02 Å². The first-order valence-electron chi connectivity index (χ1n) is 10.3. The van der Waals surface area contributed by atoms with Gasteiger partial charge in [-0.15, -0.1) is 0 Å². The fraction of sp³-hybridized carbons (Fsp3) is 0.417. The van der Waals surface area contributed by atoms with Gasteiger partial charge in [0, 0.05) is 17.6 Å². The number of carbonyl (C=O) groups is 1. The summed E-state index contributed by atoms with van der Waals surface area (Å²) >= 11 is 6.48. The summed E-state index contributed by atoms with van der Waals surface area (Å²) in [7, 11) is 1.59. The molecule has 0 aromatic heterocycles. The molecule has 2 N–H and O–H groups in total. The molecule has 1 amide bonds. The first kappa shape index (κ1) is 20.9. The molecular weight excluding hydrogens is 401 g/mol. The summed E-state index contributed by atoms with van der Waals surface area (Å²) < 4.78 is 15.1. The van der Waals surface area contributed by atoms with Crippen molar-refractivity contribution in [1.29, 1.82) is 0 Å². The van der Waals surface area contributed by atoms with E-state index in [0.717, 1.165) is 29.8 Å². The number of rotatable bonds is 3. The third-order valence-corrected chi connectivity index (χ3v) is 7.42. The molecular formula is C24H27ClFN3O. The van der Waals surface area contributed by atoms with Gasteiger partial charge in [-0.2, -0.15) is 0 Å². The van der Waals surface area contributed by atoms with Gasteiger partial charge in [0.2, 0.25) is 5.91 Å². The number of carbonyl (C=O) groups excluding carboxylic acids is 1. The Kier molecular flexibility index (Phi) is 4.93. The molecule has 1 heterocycles. The second-order valence-corrected chi connectivity index (χ2v) is 9.51. The number of amides is 1. The Morgan fingerprint density at radius 3 is 2.73 bits per heavy atom. The lowest BCUT2D eigenvalue weighted by molar-refractivity contribution is -0.140. The molecule has 2 aromatic carbocycles. The van der Waals surface area contributed by atoms with E-state index in [1.165, 1.54) is 22.1 Å². The average Bonchev–Trinajstić information content (AvgIpc) is 3.11. The lowest BCUT2D eigenvalue weighted by Crippen LogP contribution is -2.58. The SMILES string of the molecule is CN1C(=O)C(C)(C)[C@@](C)(c2cc(CC3CCc4cccc(Cl)c43)ccc2F)N=C1N. The quantitative estimate of drug-likeness (QED) is 0.766. The van der Waals surface area contributed by atoms with Gasteiger partial charge in [-0.25, -0.2) is 9.38 Å². The van der Waals surface area contributed by atoms with Crippen molar-refractivity contribution in [2.75, 3.05) is 7.05 Å². The summed E-state index contributed by atoms with van der Waals surface area (Å²) in [5.74, 6) is -0.171. The summed E-state index contributed by atoms with van der Waals surface area (Å²) in [5, 5.41) is 0.795. The number of benzene rings is 2. The van der Waals surface area contributed by atoms with Crippen LogP contribution in [0.5, 0.6) is 0 Å². The molecule has 30 heavy (non-hydrogen) atoms. The van der Waals surface area contributed by atoms with E-state index in [1.807, 2.05) is 24.3 Å². The van der Waals surface area contributed by atoms with E-state index in [0.29, 0.717) is 11.5 Å². The van der Waals surface area contributed by atoms with Crippen LogP contribution in [0, 0.1) is 11.2 Å². The topological polar surface area (TPSA) is 58.7 Å². The second kappa shape index (κ2) is 7.09. The Bertz CT molecular complexity index is 1060. The molecule has 0 saturated carbocycles. The van der Waals surface area contributed by atoms with Crippen LogP contribution in [0.15, 0.2) is 41.4 Å². The molecule has 158 valence electrons. The Morgan fingerprint density at radius 2 is 2.00 bits per heavy atom. The number of hydrogen-bond donors (Lipinski definition) is 1. The predicted octanol–water partition coefficient (Wildman–Crippen LogP) is 4.78. The van der Waals surface area contributed by atoms with E-state index < -0.39 is 11.0 Å². The molecule has 1 aliphatic carbocycles. The maximum atomic E-state index is 15.1. The summed E-state index contributed by atoms with van der Waals surface area (Å²) in [5.41, 5.74) is 7.85. The van der Waals surface area contributed by atoms with Crippen LogP contribution < -0.4 is 5.73 Å². The number of halogens is 2. The van der Waals surface area contributed by atoms with Crippen LogP contribution >= 0.6 is 11.6 Å². The Balaban J connectivity index is 1.75. The largest absolute Gasteiger partial charge is 0.369 e. The van der Waals surface area contributed by atoms with Crippen molar-refractivity contribution >= 4 is 23.5 Å². The zero-order valence-corrected chi connectivity index (χ0v) is 18.6. The van der Waals surface area contributed by atoms with Gasteiger partial charge in [0.15, 0.2) is 5.96 Å². The van der Waals surface area contributed by atoms with E-state index >= 15 is 4.39 Å². The van der Waals surface area contributed by atoms with Gasteiger partial charge < -0.3 is 5.73 Å². The second-order valence-electron chi connectivity index (χ2n) is 9.10. The molecule has 1 aliphatic heterocycles. The smallest absolute Gasteiger partial charge is 0.237 e. The molecule has 0 spiro atoms. The van der Waals surface area contributed by atoms with Crippen LogP contribution in [0.3, 0.4) is 0 Å². The standard InChI is InChI=1S/C24H27ClFN3O/c1-23(2)21(30)29(4)22(27)28-24(23,3)17-13-14(8-11-19(17)26)12-16-10-9-15-6-5-7-18(25)20(15)16/h5-8,11,13,16H,9-10,12H2,1-4H3,(H2,27,28)/t16?,24-/m1/s1. The van der Waals surface area contributed by atoms with Crippen LogP contribution in [-0.4, -0.2) is 23.8 Å². The number of fused-ring (bicyclic) bond motifs is 1. The Hall–Kier alpha value is -2.40. The minimum absolute atomic E-state index is 0.100. The molecule has 0 fully saturated rings. The van der Waals surface area contributed by atoms with Crippen molar-refractivity contribution in [1.82, 2.24) is 4.90 Å². The van der Waals surface area contributed by atoms with Crippen molar-refractivity contribution in [2.24, 2.45) is 16.1 Å². The molecule has 0 saturated heterocycles. The van der Waals surface area contributed by atoms with Crippen molar-refractivity contribution in [2.45, 2.75) is 51.5 Å². The van der Waals surface area contributed by atoms with Crippen LogP contribution in [0.25, 0.3) is 0 Å². The number of nitrogens with zero attached hydrogens (tertiary/aromatic N) is 2. The molecule has 2 aromatic rings. The first-order chi connectivity index (χ1) is 14.1. The Morgan fingerprint density at radius 1 is 1.27 bits per heavy atom. The van der Waals surface area contributed by atoms with E-state index in [2.05, 4.69) is 11.1 Å². The minimum atomic E-state index is -1.11. The lowest BCUT2D eigenvalue weighted by atomic mass is 9.67. The van der Waals surface area contributed by atoms with E-state index in [4.69, 9.17) is 17.3 Å². The van der Waals surface area contributed by atoms with Gasteiger partial charge in [0.1, 0.15) is 11.4 Å². The summed E-state index contributed by atoms with van der Waals surface area (Å²) in [6.07, 6.45) is 2.78. The number of aryl methyl sites for hydroxylation is 1. The highest BCUT2D eigenvalue weighted by atomic mass is 35.5.